The zero-order valence-electron chi connectivity index (χ0n) is 14.5. The molecule has 28 heavy (non-hydrogen) atoms. The first kappa shape index (κ1) is 19.5. The van der Waals surface area contributed by atoms with Crippen molar-refractivity contribution >= 4 is 33.4 Å². The van der Waals surface area contributed by atoms with Crippen LogP contribution in [0, 0.1) is 11.3 Å². The number of benzene rings is 3. The molecular weight excluding hydrogens is 396 g/mol. The Bertz CT molecular complexity index is 1140. The van der Waals surface area contributed by atoms with E-state index in [1.165, 1.54) is 6.08 Å². The van der Waals surface area contributed by atoms with Crippen LogP contribution in [0.4, 0.5) is 5.69 Å². The number of hydrogen-bond donors (Lipinski definition) is 1. The molecule has 0 aromatic heterocycles. The molecule has 0 amide bonds. The van der Waals surface area contributed by atoms with E-state index < -0.39 is 14.9 Å². The number of ether oxygens (including phenoxy) is 1. The lowest BCUT2D eigenvalue weighted by molar-refractivity contribution is 0.485. The highest BCUT2D eigenvalue weighted by atomic mass is 35.5. The Morgan fingerprint density at radius 2 is 1.61 bits per heavy atom. The summed E-state index contributed by atoms with van der Waals surface area (Å²) in [5.74, 6) is 0.882. The average molecular weight is 411 g/mol. The fourth-order valence-electron chi connectivity index (χ4n) is 2.34. The zero-order valence-corrected chi connectivity index (χ0v) is 16.1. The summed E-state index contributed by atoms with van der Waals surface area (Å²) in [6.07, 6.45) is 1.28. The van der Waals surface area contributed by atoms with Gasteiger partial charge in [-0.05, 0) is 48.0 Å². The molecule has 5 nitrogen and oxygen atoms in total. The predicted octanol–water partition coefficient (Wildman–Crippen LogP) is 5.44. The zero-order chi connectivity index (χ0) is 20.0. The van der Waals surface area contributed by atoms with Gasteiger partial charge in [-0.2, -0.15) is 5.26 Å². The lowest BCUT2D eigenvalue weighted by Gasteiger charge is -2.13. The summed E-state index contributed by atoms with van der Waals surface area (Å²) in [5.41, 5.74) is 0.767. The molecule has 0 heterocycles. The number of hydrogen-bond acceptors (Lipinski definition) is 4. The second-order valence-corrected chi connectivity index (χ2v) is 7.78. The summed E-state index contributed by atoms with van der Waals surface area (Å²) in [5, 5.41) is 9.88. The van der Waals surface area contributed by atoms with Gasteiger partial charge in [-0.1, -0.05) is 54.1 Å². The van der Waals surface area contributed by atoms with Crippen molar-refractivity contribution in [3.63, 3.8) is 0 Å². The van der Waals surface area contributed by atoms with Crippen LogP contribution in [0.5, 0.6) is 11.5 Å². The van der Waals surface area contributed by atoms with Gasteiger partial charge in [0.05, 0.1) is 5.69 Å². The molecule has 3 aromatic carbocycles. The van der Waals surface area contributed by atoms with Crippen molar-refractivity contribution in [3.05, 3.63) is 94.4 Å². The van der Waals surface area contributed by atoms with Crippen LogP contribution in [0.2, 0.25) is 5.02 Å². The highest BCUT2D eigenvalue weighted by Crippen LogP contribution is 2.30. The van der Waals surface area contributed by atoms with E-state index in [1.807, 2.05) is 18.2 Å². The van der Waals surface area contributed by atoms with Gasteiger partial charge in [-0.15, -0.1) is 0 Å². The van der Waals surface area contributed by atoms with Crippen molar-refractivity contribution in [2.24, 2.45) is 0 Å². The summed E-state index contributed by atoms with van der Waals surface area (Å²) < 4.78 is 33.6. The van der Waals surface area contributed by atoms with Crippen LogP contribution in [0.1, 0.15) is 5.56 Å². The fraction of sp³-hybridized carbons (Fsp3) is 0. The van der Waals surface area contributed by atoms with Crippen molar-refractivity contribution < 1.29 is 13.2 Å². The first-order chi connectivity index (χ1) is 13.5. The maximum Gasteiger partial charge on any atom is 0.272 e. The van der Waals surface area contributed by atoms with Gasteiger partial charge in [-0.25, -0.2) is 8.42 Å². The summed E-state index contributed by atoms with van der Waals surface area (Å²) >= 11 is 5.83. The number of halogens is 1. The van der Waals surface area contributed by atoms with Gasteiger partial charge >= 0.3 is 0 Å². The van der Waals surface area contributed by atoms with Gasteiger partial charge in [0.15, 0.2) is 10.7 Å². The van der Waals surface area contributed by atoms with Crippen LogP contribution in [0.3, 0.4) is 0 Å². The average Bonchev–Trinajstić information content (AvgIpc) is 2.69. The Morgan fingerprint density at radius 1 is 0.964 bits per heavy atom. The smallest absolute Gasteiger partial charge is 0.272 e. The minimum atomic E-state index is -4.11. The van der Waals surface area contributed by atoms with E-state index in [0.29, 0.717) is 22.1 Å². The second-order valence-electron chi connectivity index (χ2n) is 5.69. The van der Waals surface area contributed by atoms with E-state index >= 15 is 0 Å². The highest BCUT2D eigenvalue weighted by Gasteiger charge is 2.20. The van der Waals surface area contributed by atoms with Gasteiger partial charge in [0.25, 0.3) is 10.0 Å². The van der Waals surface area contributed by atoms with Gasteiger partial charge in [0.1, 0.15) is 11.8 Å². The maximum atomic E-state index is 12.7. The maximum absolute atomic E-state index is 12.7. The molecule has 0 fully saturated rings. The molecule has 0 bridgehead atoms. The quantitative estimate of drug-likeness (QED) is 0.549. The molecule has 0 aliphatic rings. The molecule has 140 valence electrons. The van der Waals surface area contributed by atoms with Crippen molar-refractivity contribution in [1.29, 1.82) is 5.26 Å². The van der Waals surface area contributed by atoms with Crippen LogP contribution in [0.15, 0.2) is 83.8 Å². The summed E-state index contributed by atoms with van der Waals surface area (Å²) in [6, 6.07) is 23.8. The highest BCUT2D eigenvalue weighted by molar-refractivity contribution is 7.97. The molecular formula is C21H15ClN2O3S. The van der Waals surface area contributed by atoms with Crippen LogP contribution < -0.4 is 9.46 Å². The molecule has 0 radical (unpaired) electrons. The Labute approximate surface area is 168 Å². The molecule has 0 unspecified atom stereocenters. The SMILES string of the molecule is N#CC(=Cc1ccc(Cl)cc1)S(=O)(=O)Nc1ccccc1Oc1ccccc1. The molecule has 0 saturated heterocycles. The number of rotatable bonds is 6. The van der Waals surface area contributed by atoms with Crippen molar-refractivity contribution in [3.8, 4) is 17.6 Å². The second kappa shape index (κ2) is 8.61. The molecule has 0 aliphatic carbocycles. The third-order valence-electron chi connectivity index (χ3n) is 3.67. The Kier molecular flexibility index (Phi) is 5.99. The van der Waals surface area contributed by atoms with E-state index in [0.717, 1.165) is 0 Å². The summed E-state index contributed by atoms with van der Waals surface area (Å²) in [6.45, 7) is 0. The third-order valence-corrected chi connectivity index (χ3v) is 5.20. The van der Waals surface area contributed by atoms with Crippen molar-refractivity contribution in [1.82, 2.24) is 0 Å². The molecule has 0 saturated carbocycles. The summed E-state index contributed by atoms with van der Waals surface area (Å²) in [7, 11) is -4.11. The Balaban J connectivity index is 1.89. The minimum absolute atomic E-state index is 0.226. The first-order valence-electron chi connectivity index (χ1n) is 8.20. The van der Waals surface area contributed by atoms with Crippen LogP contribution in [-0.4, -0.2) is 8.42 Å². The predicted molar refractivity (Wildman–Crippen MR) is 111 cm³/mol. The van der Waals surface area contributed by atoms with Crippen LogP contribution in [-0.2, 0) is 10.0 Å². The molecule has 3 aromatic rings. The molecule has 0 spiro atoms. The van der Waals surface area contributed by atoms with E-state index in [4.69, 9.17) is 16.3 Å². The molecule has 3 rings (SSSR count). The monoisotopic (exact) mass is 410 g/mol. The largest absolute Gasteiger partial charge is 0.455 e. The number of para-hydroxylation sites is 3. The van der Waals surface area contributed by atoms with E-state index in [-0.39, 0.29) is 5.69 Å². The minimum Gasteiger partial charge on any atom is -0.455 e. The first-order valence-corrected chi connectivity index (χ1v) is 10.1. The lowest BCUT2D eigenvalue weighted by atomic mass is 10.2. The van der Waals surface area contributed by atoms with E-state index in [9.17, 15) is 13.7 Å². The van der Waals surface area contributed by atoms with Gasteiger partial charge < -0.3 is 4.74 Å². The normalized spacial score (nSPS) is 11.5. The standard InChI is InChI=1S/C21H15ClN2O3S/c22-17-12-10-16(11-13-17)14-19(15-23)28(25,26)24-20-8-4-5-9-21(20)27-18-6-2-1-3-7-18/h1-14,24H. The van der Waals surface area contributed by atoms with Gasteiger partial charge in [0, 0.05) is 5.02 Å². The number of nitrogens with zero attached hydrogens (tertiary/aromatic N) is 1. The number of nitrogens with one attached hydrogen (secondary N) is 1. The number of anilines is 1. The third kappa shape index (κ3) is 4.92. The fourth-order valence-corrected chi connectivity index (χ4v) is 3.44. The number of sulfonamides is 1. The summed E-state index contributed by atoms with van der Waals surface area (Å²) in [4.78, 5) is -0.427. The Hall–Kier alpha value is -3.27. The van der Waals surface area contributed by atoms with E-state index in [1.54, 1.807) is 66.7 Å². The van der Waals surface area contributed by atoms with Crippen LogP contribution >= 0.6 is 11.6 Å². The lowest BCUT2D eigenvalue weighted by Crippen LogP contribution is -2.14. The van der Waals surface area contributed by atoms with E-state index in [2.05, 4.69) is 4.72 Å². The molecule has 0 aliphatic heterocycles. The van der Waals surface area contributed by atoms with Crippen molar-refractivity contribution in [2.75, 3.05) is 4.72 Å². The van der Waals surface area contributed by atoms with Crippen molar-refractivity contribution in [2.45, 2.75) is 0 Å². The Morgan fingerprint density at radius 3 is 2.29 bits per heavy atom. The molecule has 7 heteroatoms. The van der Waals surface area contributed by atoms with Crippen LogP contribution in [0.25, 0.3) is 6.08 Å². The topological polar surface area (TPSA) is 79.2 Å². The number of nitriles is 1. The van der Waals surface area contributed by atoms with Gasteiger partial charge in [0.2, 0.25) is 0 Å². The molecule has 0 atom stereocenters. The molecule has 1 N–H and O–H groups in total. The number of allylic oxidation sites excluding steroid dienone is 1. The van der Waals surface area contributed by atoms with Gasteiger partial charge in [-0.3, -0.25) is 4.72 Å².